The Balaban J connectivity index is 1.97. The number of hydrogen-bond acceptors (Lipinski definition) is 4. The molecular formula is C21H27NO3S. The number of hydrogen-bond donors (Lipinski definition) is 1. The molecule has 0 aromatic heterocycles. The quantitative estimate of drug-likeness (QED) is 0.757. The number of methoxy groups -OCH3 is 2. The molecule has 4 nitrogen and oxygen atoms in total. The number of amides is 1. The molecule has 1 amide bonds. The number of nitrogens with one attached hydrogen (secondary N) is 1. The summed E-state index contributed by atoms with van der Waals surface area (Å²) in [6.07, 6.45) is 0. The van der Waals surface area contributed by atoms with Crippen molar-refractivity contribution in [1.82, 2.24) is 0 Å². The monoisotopic (exact) mass is 373 g/mol. The van der Waals surface area contributed by atoms with Crippen molar-refractivity contribution in [2.45, 2.75) is 33.4 Å². The minimum Gasteiger partial charge on any atom is -0.493 e. The van der Waals surface area contributed by atoms with E-state index >= 15 is 0 Å². The summed E-state index contributed by atoms with van der Waals surface area (Å²) in [6, 6.07) is 8.12. The number of rotatable bonds is 7. The van der Waals surface area contributed by atoms with Gasteiger partial charge in [-0.2, -0.15) is 0 Å². The van der Waals surface area contributed by atoms with E-state index in [1.807, 2.05) is 32.9 Å². The average molecular weight is 374 g/mol. The van der Waals surface area contributed by atoms with Crippen LogP contribution in [0.25, 0.3) is 0 Å². The molecule has 2 aromatic rings. The predicted molar refractivity (Wildman–Crippen MR) is 110 cm³/mol. The summed E-state index contributed by atoms with van der Waals surface area (Å²) in [6.45, 7) is 8.15. The zero-order valence-corrected chi connectivity index (χ0v) is 17.2. The predicted octanol–water partition coefficient (Wildman–Crippen LogP) is 4.81. The summed E-state index contributed by atoms with van der Waals surface area (Å²) in [5.74, 6) is 2.60. The Kier molecular flexibility index (Phi) is 6.98. The van der Waals surface area contributed by atoms with Crippen molar-refractivity contribution >= 4 is 23.4 Å². The van der Waals surface area contributed by atoms with Crippen LogP contribution in [0.15, 0.2) is 24.3 Å². The molecule has 2 rings (SSSR count). The van der Waals surface area contributed by atoms with Crippen LogP contribution < -0.4 is 14.8 Å². The molecule has 2 aromatic carbocycles. The molecule has 0 atom stereocenters. The van der Waals surface area contributed by atoms with Gasteiger partial charge in [0.1, 0.15) is 0 Å². The second-order valence-corrected chi connectivity index (χ2v) is 7.43. The van der Waals surface area contributed by atoms with E-state index in [0.717, 1.165) is 39.4 Å². The summed E-state index contributed by atoms with van der Waals surface area (Å²) < 4.78 is 10.7. The third-order valence-electron chi connectivity index (χ3n) is 4.27. The first-order chi connectivity index (χ1) is 12.3. The topological polar surface area (TPSA) is 47.6 Å². The van der Waals surface area contributed by atoms with Crippen LogP contribution in [-0.2, 0) is 10.5 Å². The summed E-state index contributed by atoms with van der Waals surface area (Å²) in [5.41, 5.74) is 6.58. The van der Waals surface area contributed by atoms with Crippen molar-refractivity contribution in [1.29, 1.82) is 0 Å². The normalized spacial score (nSPS) is 10.5. The van der Waals surface area contributed by atoms with Crippen molar-refractivity contribution in [2.24, 2.45) is 0 Å². The fraction of sp³-hybridized carbons (Fsp3) is 0.381. The number of carbonyl (C=O) groups excluding carboxylic acids is 1. The van der Waals surface area contributed by atoms with Gasteiger partial charge in [0.15, 0.2) is 11.5 Å². The molecule has 1 N–H and O–H groups in total. The lowest BCUT2D eigenvalue weighted by Gasteiger charge is -2.14. The molecule has 0 bridgehead atoms. The molecule has 0 aliphatic rings. The molecule has 0 aliphatic heterocycles. The van der Waals surface area contributed by atoms with Crippen LogP contribution >= 0.6 is 11.8 Å². The lowest BCUT2D eigenvalue weighted by Crippen LogP contribution is -2.16. The number of carbonyl (C=O) groups is 1. The van der Waals surface area contributed by atoms with E-state index in [9.17, 15) is 4.79 Å². The maximum atomic E-state index is 12.3. The summed E-state index contributed by atoms with van der Waals surface area (Å²) >= 11 is 1.59. The summed E-state index contributed by atoms with van der Waals surface area (Å²) in [7, 11) is 3.26. The Morgan fingerprint density at radius 3 is 2.08 bits per heavy atom. The zero-order valence-electron chi connectivity index (χ0n) is 16.4. The van der Waals surface area contributed by atoms with Crippen molar-refractivity contribution in [3.8, 4) is 11.5 Å². The van der Waals surface area contributed by atoms with Gasteiger partial charge >= 0.3 is 0 Å². The Bertz CT molecular complexity index is 779. The Morgan fingerprint density at radius 1 is 0.923 bits per heavy atom. The minimum absolute atomic E-state index is 0.0168. The van der Waals surface area contributed by atoms with E-state index in [0.29, 0.717) is 11.5 Å². The molecule has 140 valence electrons. The maximum absolute atomic E-state index is 12.3. The zero-order chi connectivity index (χ0) is 19.3. The minimum atomic E-state index is 0.0168. The largest absolute Gasteiger partial charge is 0.493 e. The van der Waals surface area contributed by atoms with Crippen LogP contribution in [0.2, 0.25) is 0 Å². The van der Waals surface area contributed by atoms with Crippen LogP contribution in [-0.4, -0.2) is 25.9 Å². The smallest absolute Gasteiger partial charge is 0.234 e. The van der Waals surface area contributed by atoms with Crippen molar-refractivity contribution in [2.75, 3.05) is 25.3 Å². The first-order valence-electron chi connectivity index (χ1n) is 8.52. The van der Waals surface area contributed by atoms with Gasteiger partial charge in [-0.1, -0.05) is 17.7 Å². The van der Waals surface area contributed by atoms with E-state index in [2.05, 4.69) is 24.4 Å². The lowest BCUT2D eigenvalue weighted by atomic mass is 10.1. The first-order valence-corrected chi connectivity index (χ1v) is 9.68. The highest BCUT2D eigenvalue weighted by Crippen LogP contribution is 2.32. The van der Waals surface area contributed by atoms with E-state index in [4.69, 9.17) is 9.47 Å². The lowest BCUT2D eigenvalue weighted by molar-refractivity contribution is -0.113. The van der Waals surface area contributed by atoms with Crippen LogP contribution in [0.4, 0.5) is 5.69 Å². The number of anilines is 1. The fourth-order valence-corrected chi connectivity index (χ4v) is 3.88. The van der Waals surface area contributed by atoms with Gasteiger partial charge in [0.25, 0.3) is 0 Å². The highest BCUT2D eigenvalue weighted by atomic mass is 32.2. The van der Waals surface area contributed by atoms with Gasteiger partial charge in [0, 0.05) is 11.4 Å². The third kappa shape index (κ3) is 4.94. The van der Waals surface area contributed by atoms with Gasteiger partial charge in [-0.3, -0.25) is 4.79 Å². The number of benzene rings is 2. The standard InChI is InChI=1S/C21H27NO3S/c1-13-7-15(3)21(16(4)8-13)22-20(23)12-26-11-17-10-19(25-6)18(24-5)9-14(17)2/h7-10H,11-12H2,1-6H3,(H,22,23). The molecule has 0 fully saturated rings. The van der Waals surface area contributed by atoms with Crippen LogP contribution in [0.5, 0.6) is 11.5 Å². The van der Waals surface area contributed by atoms with Gasteiger partial charge in [-0.25, -0.2) is 0 Å². The van der Waals surface area contributed by atoms with E-state index in [1.54, 1.807) is 26.0 Å². The number of thioether (sulfide) groups is 1. The Labute approximate surface area is 160 Å². The molecule has 0 unspecified atom stereocenters. The second-order valence-electron chi connectivity index (χ2n) is 6.45. The van der Waals surface area contributed by atoms with Crippen molar-refractivity contribution < 1.29 is 14.3 Å². The van der Waals surface area contributed by atoms with E-state index < -0.39 is 0 Å². The molecule has 0 saturated heterocycles. The number of ether oxygens (including phenoxy) is 2. The Morgan fingerprint density at radius 2 is 1.50 bits per heavy atom. The first kappa shape index (κ1) is 20.2. The van der Waals surface area contributed by atoms with Crippen molar-refractivity contribution in [3.63, 3.8) is 0 Å². The molecule has 0 heterocycles. The van der Waals surface area contributed by atoms with Crippen LogP contribution in [0, 0.1) is 27.7 Å². The SMILES string of the molecule is COc1cc(C)c(CSCC(=O)Nc2c(C)cc(C)cc2C)cc1OC. The second kappa shape index (κ2) is 8.99. The van der Waals surface area contributed by atoms with Crippen molar-refractivity contribution in [3.05, 3.63) is 52.1 Å². The molecule has 26 heavy (non-hydrogen) atoms. The van der Waals surface area contributed by atoms with E-state index in [-0.39, 0.29) is 5.91 Å². The fourth-order valence-electron chi connectivity index (χ4n) is 2.98. The summed E-state index contributed by atoms with van der Waals surface area (Å²) in [4.78, 5) is 12.3. The van der Waals surface area contributed by atoms with Crippen LogP contribution in [0.3, 0.4) is 0 Å². The Hall–Kier alpha value is -2.14. The molecular weight excluding hydrogens is 346 g/mol. The van der Waals surface area contributed by atoms with Gasteiger partial charge in [-0.05, 0) is 62.1 Å². The van der Waals surface area contributed by atoms with Gasteiger partial charge in [0.05, 0.1) is 20.0 Å². The third-order valence-corrected chi connectivity index (χ3v) is 5.26. The highest BCUT2D eigenvalue weighted by Gasteiger charge is 2.11. The van der Waals surface area contributed by atoms with Crippen LogP contribution in [0.1, 0.15) is 27.8 Å². The number of aryl methyl sites for hydroxylation is 4. The van der Waals surface area contributed by atoms with Gasteiger partial charge in [0.2, 0.25) is 5.91 Å². The molecule has 5 heteroatoms. The van der Waals surface area contributed by atoms with E-state index in [1.165, 1.54) is 5.56 Å². The average Bonchev–Trinajstić information content (AvgIpc) is 2.59. The molecule has 0 aliphatic carbocycles. The molecule has 0 spiro atoms. The maximum Gasteiger partial charge on any atom is 0.234 e. The summed E-state index contributed by atoms with van der Waals surface area (Å²) in [5, 5.41) is 3.04. The van der Waals surface area contributed by atoms with Gasteiger partial charge in [-0.15, -0.1) is 11.8 Å². The molecule has 0 saturated carbocycles. The van der Waals surface area contributed by atoms with Gasteiger partial charge < -0.3 is 14.8 Å². The highest BCUT2D eigenvalue weighted by molar-refractivity contribution is 7.99. The molecule has 0 radical (unpaired) electrons.